The Morgan fingerprint density at radius 3 is 2.39 bits per heavy atom. The fourth-order valence-electron chi connectivity index (χ4n) is 4.87. The van der Waals surface area contributed by atoms with Crippen molar-refractivity contribution in [1.29, 1.82) is 0 Å². The van der Waals surface area contributed by atoms with Crippen molar-refractivity contribution in [3.05, 3.63) is 102 Å². The van der Waals surface area contributed by atoms with E-state index in [-0.39, 0.29) is 29.2 Å². The van der Waals surface area contributed by atoms with Crippen LogP contribution in [0.2, 0.25) is 0 Å². The zero-order valence-corrected chi connectivity index (χ0v) is 25.9. The van der Waals surface area contributed by atoms with Gasteiger partial charge in [-0.25, -0.2) is 19.1 Å². The third kappa shape index (κ3) is 6.43. The highest BCUT2D eigenvalue weighted by Crippen LogP contribution is 2.45. The summed E-state index contributed by atoms with van der Waals surface area (Å²) in [6.07, 6.45) is 2.05. The van der Waals surface area contributed by atoms with Crippen molar-refractivity contribution in [2.45, 2.75) is 54.7 Å². The van der Waals surface area contributed by atoms with E-state index >= 15 is 0 Å². The van der Waals surface area contributed by atoms with Gasteiger partial charge in [0.1, 0.15) is 28.0 Å². The lowest BCUT2D eigenvalue weighted by Crippen LogP contribution is -2.58. The number of β-lactam (4-membered cyclic amide) rings is 1. The highest BCUT2D eigenvalue weighted by Gasteiger charge is 2.50. The van der Waals surface area contributed by atoms with Crippen molar-refractivity contribution in [3.63, 3.8) is 0 Å². The van der Waals surface area contributed by atoms with Gasteiger partial charge >= 0.3 is 12.1 Å². The number of aromatic nitrogens is 4. The number of alkyl carbamates (subject to hydrolysis) is 1. The molecule has 6 rings (SSSR count). The molecule has 2 aliphatic heterocycles. The number of carbonyl (C=O) groups excluding carboxylic acids is 3. The monoisotopic (exact) mass is 630 g/mol. The minimum absolute atomic E-state index is 0.124. The van der Waals surface area contributed by atoms with Crippen LogP contribution in [-0.2, 0) is 19.1 Å². The van der Waals surface area contributed by atoms with Crippen molar-refractivity contribution in [2.75, 3.05) is 5.75 Å². The standard InChI is InChI=1S/C31H30N6O5S2/c1-31(2,3)42-30(40)35-27-21(17-43-22-14-15-36-29(34-22)32-18-33-36)25(37-23(38)16-24(37)44-27)28(39)41-26(19-10-6-4-7-11-19)20-12-8-5-9-13-20/h4-15,18,24,26-27H,16-17H2,1-3H3,(H,35,40)/t24-,27?/m1/s1. The zero-order valence-electron chi connectivity index (χ0n) is 24.2. The molecule has 0 spiro atoms. The van der Waals surface area contributed by atoms with Gasteiger partial charge in [0.05, 0.1) is 11.8 Å². The summed E-state index contributed by atoms with van der Waals surface area (Å²) >= 11 is 2.74. The minimum atomic E-state index is -0.724. The number of carbonyl (C=O) groups is 3. The number of thioether (sulfide) groups is 2. The van der Waals surface area contributed by atoms with Crippen molar-refractivity contribution in [3.8, 4) is 0 Å². The predicted molar refractivity (Wildman–Crippen MR) is 165 cm³/mol. The summed E-state index contributed by atoms with van der Waals surface area (Å²) in [5.74, 6) is -0.190. The molecule has 1 saturated heterocycles. The third-order valence-corrected chi connectivity index (χ3v) is 9.17. The predicted octanol–water partition coefficient (Wildman–Crippen LogP) is 4.96. The molecule has 4 aromatic rings. The molecule has 2 amide bonds. The van der Waals surface area contributed by atoms with Gasteiger partial charge in [0, 0.05) is 17.5 Å². The first-order chi connectivity index (χ1) is 21.2. The van der Waals surface area contributed by atoms with E-state index in [1.807, 2.05) is 60.7 Å². The molecule has 2 atom stereocenters. The van der Waals surface area contributed by atoms with Gasteiger partial charge in [0.25, 0.3) is 5.78 Å². The van der Waals surface area contributed by atoms with E-state index in [0.717, 1.165) is 11.1 Å². The molecule has 0 saturated carbocycles. The molecular weight excluding hydrogens is 601 g/mol. The van der Waals surface area contributed by atoms with Gasteiger partial charge in [-0.15, -0.1) is 23.5 Å². The van der Waals surface area contributed by atoms with E-state index in [9.17, 15) is 14.4 Å². The first kappa shape index (κ1) is 29.7. The third-order valence-electron chi connectivity index (χ3n) is 6.83. The van der Waals surface area contributed by atoms with Crippen molar-refractivity contribution >= 4 is 47.3 Å². The summed E-state index contributed by atoms with van der Waals surface area (Å²) < 4.78 is 13.3. The minimum Gasteiger partial charge on any atom is -0.448 e. The molecule has 1 N–H and O–H groups in total. The normalized spacial score (nSPS) is 18.2. The molecule has 4 heterocycles. The van der Waals surface area contributed by atoms with E-state index in [1.54, 1.807) is 37.5 Å². The van der Waals surface area contributed by atoms with Crippen LogP contribution in [0.1, 0.15) is 44.4 Å². The highest BCUT2D eigenvalue weighted by atomic mass is 32.2. The van der Waals surface area contributed by atoms with Gasteiger partial charge in [-0.2, -0.15) is 10.1 Å². The second-order valence-corrected chi connectivity index (χ2v) is 13.4. The van der Waals surface area contributed by atoms with Crippen molar-refractivity contribution in [1.82, 2.24) is 29.8 Å². The first-order valence-corrected chi connectivity index (χ1v) is 15.9. The van der Waals surface area contributed by atoms with Crippen LogP contribution < -0.4 is 5.32 Å². The summed E-state index contributed by atoms with van der Waals surface area (Å²) in [6.45, 7) is 5.34. The summed E-state index contributed by atoms with van der Waals surface area (Å²) in [4.78, 5) is 50.3. The van der Waals surface area contributed by atoms with Crippen LogP contribution in [0.3, 0.4) is 0 Å². The van der Waals surface area contributed by atoms with Crippen LogP contribution in [0.15, 0.2) is 95.6 Å². The van der Waals surface area contributed by atoms with E-state index in [0.29, 0.717) is 16.4 Å². The Hall–Kier alpha value is -4.36. The lowest BCUT2D eigenvalue weighted by atomic mass is 10.0. The molecule has 2 aromatic heterocycles. The van der Waals surface area contributed by atoms with E-state index in [2.05, 4.69) is 20.4 Å². The Balaban J connectivity index is 1.38. The Morgan fingerprint density at radius 2 is 1.75 bits per heavy atom. The molecule has 226 valence electrons. The van der Waals surface area contributed by atoms with Crippen molar-refractivity contribution < 1.29 is 23.9 Å². The average Bonchev–Trinajstić information content (AvgIpc) is 3.46. The van der Waals surface area contributed by atoms with Gasteiger partial charge in [-0.3, -0.25) is 9.69 Å². The number of ether oxygens (including phenoxy) is 2. The Bertz CT molecular complexity index is 1680. The molecule has 11 nitrogen and oxygen atoms in total. The fourth-order valence-corrected chi connectivity index (χ4v) is 7.31. The fraction of sp³-hybridized carbons (Fsp3) is 0.290. The summed E-state index contributed by atoms with van der Waals surface area (Å²) in [6, 6.07) is 20.7. The van der Waals surface area contributed by atoms with Crippen LogP contribution in [0.25, 0.3) is 5.78 Å². The molecular formula is C31H30N6O5S2. The van der Waals surface area contributed by atoms with Crippen LogP contribution in [-0.4, -0.2) is 64.6 Å². The number of fused-ring (bicyclic) bond motifs is 2. The lowest BCUT2D eigenvalue weighted by molar-refractivity contribution is -0.151. The lowest BCUT2D eigenvalue weighted by Gasteiger charge is -2.47. The topological polar surface area (TPSA) is 128 Å². The van der Waals surface area contributed by atoms with Crippen LogP contribution >= 0.6 is 23.5 Å². The van der Waals surface area contributed by atoms with Gasteiger partial charge in [0.15, 0.2) is 6.10 Å². The van der Waals surface area contributed by atoms with Crippen LogP contribution in [0, 0.1) is 0 Å². The maximum Gasteiger partial charge on any atom is 0.408 e. The highest BCUT2D eigenvalue weighted by molar-refractivity contribution is 8.01. The number of hydrogen-bond donors (Lipinski definition) is 1. The van der Waals surface area contributed by atoms with Gasteiger partial charge in [-0.1, -0.05) is 60.7 Å². The number of rotatable bonds is 8. The largest absolute Gasteiger partial charge is 0.448 e. The molecule has 0 radical (unpaired) electrons. The van der Waals surface area contributed by atoms with Gasteiger partial charge in [0.2, 0.25) is 5.91 Å². The smallest absolute Gasteiger partial charge is 0.408 e. The SMILES string of the molecule is CC(C)(C)OC(=O)NC1S[C@@H]2CC(=O)N2C(C(=O)OC(c2ccccc2)c2ccccc2)=C1CSc1ccn2ncnc2n1. The second kappa shape index (κ2) is 12.3. The number of benzene rings is 2. The zero-order chi connectivity index (χ0) is 30.8. The maximum atomic E-state index is 14.2. The van der Waals surface area contributed by atoms with Crippen LogP contribution in [0.5, 0.6) is 0 Å². The quantitative estimate of drug-likeness (QED) is 0.124. The summed E-state index contributed by atoms with van der Waals surface area (Å²) in [7, 11) is 0. The number of nitrogens with one attached hydrogen (secondary N) is 1. The van der Waals surface area contributed by atoms with E-state index < -0.39 is 29.1 Å². The first-order valence-electron chi connectivity index (χ1n) is 14.0. The number of hydrogen-bond acceptors (Lipinski definition) is 10. The number of nitrogens with zero attached hydrogens (tertiary/aromatic N) is 5. The summed E-state index contributed by atoms with van der Waals surface area (Å²) in [5.41, 5.74) is 1.49. The molecule has 44 heavy (non-hydrogen) atoms. The number of esters is 1. The Labute approximate surface area is 262 Å². The molecule has 2 aromatic carbocycles. The Kier molecular flexibility index (Phi) is 8.32. The number of amides is 2. The van der Waals surface area contributed by atoms with Gasteiger partial charge < -0.3 is 14.8 Å². The molecule has 1 fully saturated rings. The van der Waals surface area contributed by atoms with E-state index in [1.165, 1.54) is 34.8 Å². The second-order valence-electron chi connectivity index (χ2n) is 11.1. The van der Waals surface area contributed by atoms with Crippen molar-refractivity contribution in [2.24, 2.45) is 0 Å². The molecule has 0 aliphatic carbocycles. The molecule has 13 heteroatoms. The van der Waals surface area contributed by atoms with Gasteiger partial charge in [-0.05, 0) is 38.0 Å². The molecule has 0 bridgehead atoms. The maximum absolute atomic E-state index is 14.2. The Morgan fingerprint density at radius 1 is 1.07 bits per heavy atom. The molecule has 2 aliphatic rings. The summed E-state index contributed by atoms with van der Waals surface area (Å²) in [5, 5.41) is 6.65. The average molecular weight is 631 g/mol. The molecule has 1 unspecified atom stereocenters. The van der Waals surface area contributed by atoms with Crippen LogP contribution in [0.4, 0.5) is 4.79 Å². The van der Waals surface area contributed by atoms with E-state index in [4.69, 9.17) is 9.47 Å².